The van der Waals surface area contributed by atoms with Crippen LogP contribution in [-0.4, -0.2) is 109 Å². The van der Waals surface area contributed by atoms with Gasteiger partial charge in [0.05, 0.1) is 13.2 Å². The molecular formula is C18H27N5O17P2. The summed E-state index contributed by atoms with van der Waals surface area (Å²) in [5, 5.41) is 39.2. The number of phosphoric ester groups is 2. The molecule has 0 saturated carbocycles. The molecule has 2 aromatic heterocycles. The summed E-state index contributed by atoms with van der Waals surface area (Å²) >= 11 is 0. The fourth-order valence-electron chi connectivity index (χ4n) is 3.78. The van der Waals surface area contributed by atoms with Gasteiger partial charge in [0.2, 0.25) is 0 Å². The van der Waals surface area contributed by atoms with E-state index in [-0.39, 0.29) is 5.82 Å². The third-order valence-corrected chi connectivity index (χ3v) is 6.71. The van der Waals surface area contributed by atoms with Crippen molar-refractivity contribution in [1.29, 1.82) is 0 Å². The third kappa shape index (κ3) is 8.69. The first kappa shape index (κ1) is 33.8. The van der Waals surface area contributed by atoms with Gasteiger partial charge in [0, 0.05) is 18.5 Å². The standard InChI is InChI=1S/C9H14N3O8P.C9H13N2O9P/c10-5-1-2-12(9(15)11-5)8-7(14)6(13)4(20-8)3-19-21(16,17)18;12-5-1-2-11(9(15)10-5)8-7(14)6(13)4(20-8)3-19-21(16,17)18/h1-2,4,6-8,13-14H,3H2,(H2,10,11,15)(H2,16,17,18);1-2,4,6-8,13-14H,3H2,(H,10,12,15)(H2,16,17,18)/t2*4-,6-,7-,8-/m11/s1. The molecule has 2 fully saturated rings. The summed E-state index contributed by atoms with van der Waals surface area (Å²) in [6.45, 7) is -1.34. The Hall–Kier alpha value is -2.66. The molecule has 236 valence electrons. The smallest absolute Gasteiger partial charge is 0.387 e. The molecule has 11 N–H and O–H groups in total. The largest absolute Gasteiger partial charge is 0.469 e. The molecule has 0 amide bonds. The summed E-state index contributed by atoms with van der Waals surface area (Å²) in [7, 11) is -9.50. The van der Waals surface area contributed by atoms with Gasteiger partial charge in [-0.25, -0.2) is 18.7 Å². The Bertz CT molecular complexity index is 1500. The second kappa shape index (κ2) is 13.3. The highest BCUT2D eigenvalue weighted by molar-refractivity contribution is 7.46. The van der Waals surface area contributed by atoms with Crippen LogP contribution in [0.15, 0.2) is 38.9 Å². The first-order valence-corrected chi connectivity index (χ1v) is 14.5. The van der Waals surface area contributed by atoms with E-state index in [0.717, 1.165) is 21.4 Å². The van der Waals surface area contributed by atoms with Crippen LogP contribution >= 0.6 is 15.6 Å². The molecule has 22 nitrogen and oxygen atoms in total. The number of hydrogen-bond donors (Lipinski definition) is 10. The summed E-state index contributed by atoms with van der Waals surface area (Å²) in [4.78, 5) is 73.9. The van der Waals surface area contributed by atoms with Crippen molar-refractivity contribution in [3.8, 4) is 0 Å². The number of nitrogens with one attached hydrogen (secondary N) is 1. The van der Waals surface area contributed by atoms with Crippen molar-refractivity contribution in [2.24, 2.45) is 0 Å². The Morgan fingerprint density at radius 1 is 0.810 bits per heavy atom. The van der Waals surface area contributed by atoms with E-state index in [0.29, 0.717) is 0 Å². The lowest BCUT2D eigenvalue weighted by atomic mass is 10.1. The minimum atomic E-state index is -4.76. The van der Waals surface area contributed by atoms with Crippen LogP contribution in [0.3, 0.4) is 0 Å². The maximum absolute atomic E-state index is 11.6. The molecule has 0 radical (unpaired) electrons. The highest BCUT2D eigenvalue weighted by Gasteiger charge is 2.46. The fraction of sp³-hybridized carbons (Fsp3) is 0.556. The van der Waals surface area contributed by atoms with E-state index in [1.54, 1.807) is 0 Å². The van der Waals surface area contributed by atoms with Gasteiger partial charge in [0.1, 0.15) is 42.4 Å². The number of aromatic amines is 1. The van der Waals surface area contributed by atoms with Crippen LogP contribution in [-0.2, 0) is 27.7 Å². The Labute approximate surface area is 232 Å². The van der Waals surface area contributed by atoms with E-state index < -0.39 is 94.9 Å². The van der Waals surface area contributed by atoms with Gasteiger partial charge >= 0.3 is 27.0 Å². The predicted molar refractivity (Wildman–Crippen MR) is 132 cm³/mol. The minimum Gasteiger partial charge on any atom is -0.387 e. The molecule has 42 heavy (non-hydrogen) atoms. The molecule has 0 bridgehead atoms. The van der Waals surface area contributed by atoms with Crippen LogP contribution in [0.5, 0.6) is 0 Å². The lowest BCUT2D eigenvalue weighted by molar-refractivity contribution is -0.0543. The summed E-state index contributed by atoms with van der Waals surface area (Å²) < 4.78 is 41.7. The van der Waals surface area contributed by atoms with E-state index in [2.05, 4.69) is 14.0 Å². The lowest BCUT2D eigenvalue weighted by Crippen LogP contribution is -2.37. The second-order valence-corrected chi connectivity index (χ2v) is 11.2. The Morgan fingerprint density at radius 3 is 1.69 bits per heavy atom. The molecule has 0 aliphatic carbocycles. The number of H-pyrrole nitrogens is 1. The number of aliphatic hydroxyl groups excluding tert-OH is 4. The number of phosphoric acid groups is 2. The van der Waals surface area contributed by atoms with Gasteiger partial charge in [0.15, 0.2) is 12.5 Å². The third-order valence-electron chi connectivity index (χ3n) is 5.74. The van der Waals surface area contributed by atoms with Gasteiger partial charge in [0.25, 0.3) is 5.56 Å². The van der Waals surface area contributed by atoms with E-state index in [9.17, 15) is 43.9 Å². The molecule has 4 rings (SSSR count). The van der Waals surface area contributed by atoms with Gasteiger partial charge in [-0.2, -0.15) is 4.98 Å². The molecule has 2 aliphatic heterocycles. The summed E-state index contributed by atoms with van der Waals surface area (Å²) in [5.41, 5.74) is 3.01. The zero-order chi connectivity index (χ0) is 31.6. The molecule has 0 spiro atoms. The predicted octanol–water partition coefficient (Wildman–Crippen LogP) is -5.18. The van der Waals surface area contributed by atoms with Crippen molar-refractivity contribution in [1.82, 2.24) is 19.1 Å². The number of aromatic nitrogens is 4. The molecular weight excluding hydrogens is 620 g/mol. The molecule has 8 atom stereocenters. The Balaban J connectivity index is 0.000000230. The molecule has 0 unspecified atom stereocenters. The number of anilines is 1. The van der Waals surface area contributed by atoms with Crippen LogP contribution in [0, 0.1) is 0 Å². The molecule has 2 aliphatic rings. The van der Waals surface area contributed by atoms with Crippen LogP contribution in [0.4, 0.5) is 5.82 Å². The van der Waals surface area contributed by atoms with Gasteiger partial charge in [-0.15, -0.1) is 0 Å². The maximum atomic E-state index is 11.6. The average Bonchev–Trinajstić information content (AvgIpc) is 3.31. The molecule has 0 aromatic carbocycles. The van der Waals surface area contributed by atoms with Crippen LogP contribution < -0.4 is 22.7 Å². The van der Waals surface area contributed by atoms with Crippen LogP contribution in [0.1, 0.15) is 12.5 Å². The highest BCUT2D eigenvalue weighted by Crippen LogP contribution is 2.39. The number of nitrogen functional groups attached to an aromatic ring is 1. The molecule has 4 heterocycles. The van der Waals surface area contributed by atoms with Crippen LogP contribution in [0.25, 0.3) is 0 Å². The summed E-state index contributed by atoms with van der Waals surface area (Å²) in [6, 6.07) is 2.31. The topological polar surface area (TPSA) is 349 Å². The van der Waals surface area contributed by atoms with Crippen molar-refractivity contribution in [3.05, 3.63) is 55.8 Å². The quantitative estimate of drug-likeness (QED) is 0.120. The van der Waals surface area contributed by atoms with E-state index >= 15 is 0 Å². The second-order valence-electron chi connectivity index (χ2n) is 8.72. The molecule has 2 saturated heterocycles. The molecule has 2 aromatic rings. The van der Waals surface area contributed by atoms with Crippen molar-refractivity contribution < 1.29 is 67.7 Å². The van der Waals surface area contributed by atoms with Gasteiger partial charge < -0.3 is 55.2 Å². The van der Waals surface area contributed by atoms with Crippen LogP contribution in [0.2, 0.25) is 0 Å². The van der Waals surface area contributed by atoms with Gasteiger partial charge in [-0.1, -0.05) is 0 Å². The lowest BCUT2D eigenvalue weighted by Gasteiger charge is -2.16. The molecule has 24 heteroatoms. The average molecular weight is 647 g/mol. The zero-order valence-corrected chi connectivity index (χ0v) is 22.7. The number of ether oxygens (including phenoxy) is 2. The maximum Gasteiger partial charge on any atom is 0.469 e. The van der Waals surface area contributed by atoms with E-state index in [4.69, 9.17) is 34.8 Å². The van der Waals surface area contributed by atoms with E-state index in [1.807, 2.05) is 4.98 Å². The van der Waals surface area contributed by atoms with Crippen molar-refractivity contribution in [3.63, 3.8) is 0 Å². The number of hydrogen-bond acceptors (Lipinski definition) is 15. The minimum absolute atomic E-state index is 0.0225. The number of aliphatic hydroxyl groups is 4. The fourth-order valence-corrected chi connectivity index (χ4v) is 4.46. The number of nitrogens with zero attached hydrogens (tertiary/aromatic N) is 3. The normalized spacial score (nSPS) is 29.7. The van der Waals surface area contributed by atoms with E-state index in [1.165, 1.54) is 12.3 Å². The Kier molecular flexibility index (Phi) is 10.7. The Morgan fingerprint density at radius 2 is 1.26 bits per heavy atom. The van der Waals surface area contributed by atoms with Crippen molar-refractivity contribution >= 4 is 21.5 Å². The summed E-state index contributed by atoms with van der Waals surface area (Å²) in [6.07, 6.45) is -8.85. The van der Waals surface area contributed by atoms with Crippen molar-refractivity contribution in [2.75, 3.05) is 18.9 Å². The van der Waals surface area contributed by atoms with Gasteiger partial charge in [-0.05, 0) is 6.07 Å². The first-order chi connectivity index (χ1) is 19.4. The highest BCUT2D eigenvalue weighted by atomic mass is 31.2. The van der Waals surface area contributed by atoms with Gasteiger partial charge in [-0.3, -0.25) is 28.0 Å². The number of nitrogens with two attached hydrogens (primary N) is 1. The zero-order valence-electron chi connectivity index (χ0n) is 20.9. The first-order valence-electron chi connectivity index (χ1n) is 11.5. The summed E-state index contributed by atoms with van der Waals surface area (Å²) in [5.74, 6) is -0.0225. The number of rotatable bonds is 8. The SMILES string of the molecule is Nc1ccn([C@@H]2O[C@H](COP(=O)(O)O)[C@@H](O)[C@H]2O)c(=O)n1.O=c1ccn([C@@H]2O[C@H](COP(=O)(O)O)[C@@H](O)[C@H]2O)c(=O)[nH]1. The van der Waals surface area contributed by atoms with Crippen molar-refractivity contribution in [2.45, 2.75) is 49.1 Å². The monoisotopic (exact) mass is 647 g/mol.